The van der Waals surface area contributed by atoms with Gasteiger partial charge in [0.15, 0.2) is 11.5 Å². The van der Waals surface area contributed by atoms with Gasteiger partial charge in [0, 0.05) is 15.8 Å². The van der Waals surface area contributed by atoms with Gasteiger partial charge in [0.2, 0.25) is 5.75 Å². The van der Waals surface area contributed by atoms with Crippen LogP contribution in [0.3, 0.4) is 0 Å². The Kier molecular flexibility index (Phi) is 6.55. The van der Waals surface area contributed by atoms with Crippen LogP contribution < -0.4 is 19.6 Å². The van der Waals surface area contributed by atoms with Crippen molar-refractivity contribution in [1.29, 1.82) is 0 Å². The van der Waals surface area contributed by atoms with Crippen molar-refractivity contribution in [1.82, 2.24) is 10.4 Å². The summed E-state index contributed by atoms with van der Waals surface area (Å²) in [7, 11) is 4.66. The minimum absolute atomic E-state index is 0.326. The van der Waals surface area contributed by atoms with Gasteiger partial charge in [-0.05, 0) is 48.2 Å². The van der Waals surface area contributed by atoms with Gasteiger partial charge in [-0.25, -0.2) is 10.4 Å². The zero-order valence-electron chi connectivity index (χ0n) is 18.7. The van der Waals surface area contributed by atoms with Crippen LogP contribution in [-0.2, 0) is 0 Å². The zero-order valence-corrected chi connectivity index (χ0v) is 19.5. The van der Waals surface area contributed by atoms with Crippen LogP contribution >= 0.6 is 11.3 Å². The molecule has 0 atom stereocenters. The Morgan fingerprint density at radius 3 is 2.39 bits per heavy atom. The second-order valence-electron chi connectivity index (χ2n) is 7.15. The van der Waals surface area contributed by atoms with E-state index in [9.17, 15) is 4.79 Å². The van der Waals surface area contributed by atoms with Gasteiger partial charge in [-0.3, -0.25) is 4.79 Å². The van der Waals surface area contributed by atoms with Crippen molar-refractivity contribution in [3.63, 3.8) is 0 Å². The van der Waals surface area contributed by atoms with Crippen molar-refractivity contribution in [3.05, 3.63) is 69.9 Å². The van der Waals surface area contributed by atoms with Gasteiger partial charge >= 0.3 is 0 Å². The molecule has 8 heteroatoms. The molecule has 0 aliphatic heterocycles. The van der Waals surface area contributed by atoms with E-state index in [0.29, 0.717) is 34.0 Å². The molecule has 33 heavy (non-hydrogen) atoms. The standard InChI is InChI=1S/C25H23N3O4S/c1-15-9-10-33-23(15)14-26-28-25(29)18-13-20(27-19-8-6-5-7-17(18)19)16-11-21(30-2)24(32-4)22(12-16)31-3/h5-14H,1-4H3,(H,28,29)/b26-14+. The molecule has 0 saturated carbocycles. The van der Waals surface area contributed by atoms with E-state index in [1.54, 1.807) is 57.1 Å². The summed E-state index contributed by atoms with van der Waals surface area (Å²) in [5.74, 6) is 1.17. The van der Waals surface area contributed by atoms with Crippen molar-refractivity contribution in [2.45, 2.75) is 6.92 Å². The number of rotatable bonds is 7. The fourth-order valence-corrected chi connectivity index (χ4v) is 4.25. The number of fused-ring (bicyclic) bond motifs is 1. The molecule has 0 saturated heterocycles. The number of para-hydroxylation sites is 1. The molecule has 0 radical (unpaired) electrons. The molecule has 0 aliphatic rings. The highest BCUT2D eigenvalue weighted by atomic mass is 32.1. The second kappa shape index (κ2) is 9.70. The number of nitrogens with one attached hydrogen (secondary N) is 1. The molecular weight excluding hydrogens is 438 g/mol. The van der Waals surface area contributed by atoms with E-state index in [4.69, 9.17) is 19.2 Å². The first-order chi connectivity index (χ1) is 16.0. The number of aryl methyl sites for hydroxylation is 1. The van der Waals surface area contributed by atoms with Crippen molar-refractivity contribution in [3.8, 4) is 28.5 Å². The molecule has 4 aromatic rings. The van der Waals surface area contributed by atoms with Crippen LogP contribution in [0.2, 0.25) is 0 Å². The van der Waals surface area contributed by atoms with E-state index in [1.165, 1.54) is 0 Å². The number of thiophene rings is 1. The number of benzene rings is 2. The number of carbonyl (C=O) groups is 1. The Labute approximate surface area is 195 Å². The molecule has 0 aliphatic carbocycles. The van der Waals surface area contributed by atoms with Crippen LogP contribution in [0.5, 0.6) is 17.2 Å². The lowest BCUT2D eigenvalue weighted by Gasteiger charge is -2.15. The normalized spacial score (nSPS) is 11.0. The number of amides is 1. The van der Waals surface area contributed by atoms with E-state index >= 15 is 0 Å². The zero-order chi connectivity index (χ0) is 23.4. The Morgan fingerprint density at radius 2 is 1.76 bits per heavy atom. The molecule has 7 nitrogen and oxygen atoms in total. The van der Waals surface area contributed by atoms with Crippen LogP contribution in [0.4, 0.5) is 0 Å². The Hall–Kier alpha value is -3.91. The summed E-state index contributed by atoms with van der Waals surface area (Å²) >= 11 is 1.56. The van der Waals surface area contributed by atoms with Crippen LogP contribution in [0.25, 0.3) is 22.2 Å². The van der Waals surface area contributed by atoms with Crippen molar-refractivity contribution >= 4 is 34.4 Å². The predicted molar refractivity (Wildman–Crippen MR) is 131 cm³/mol. The molecule has 2 aromatic heterocycles. The lowest BCUT2D eigenvalue weighted by Crippen LogP contribution is -2.18. The number of pyridine rings is 1. The summed E-state index contributed by atoms with van der Waals surface area (Å²) in [6.07, 6.45) is 1.65. The van der Waals surface area contributed by atoms with Crippen molar-refractivity contribution < 1.29 is 19.0 Å². The van der Waals surface area contributed by atoms with Crippen LogP contribution in [0.15, 0.2) is 59.0 Å². The largest absolute Gasteiger partial charge is 0.493 e. The van der Waals surface area contributed by atoms with Gasteiger partial charge in [0.1, 0.15) is 0 Å². The summed E-state index contributed by atoms with van der Waals surface area (Å²) in [5.41, 5.74) is 6.21. The first kappa shape index (κ1) is 22.3. The maximum Gasteiger partial charge on any atom is 0.272 e. The van der Waals surface area contributed by atoms with Gasteiger partial charge < -0.3 is 14.2 Å². The molecule has 0 fully saturated rings. The third-order valence-electron chi connectivity index (χ3n) is 5.17. The third kappa shape index (κ3) is 4.51. The molecule has 1 amide bonds. The summed E-state index contributed by atoms with van der Waals surface area (Å²) < 4.78 is 16.4. The van der Waals surface area contributed by atoms with Crippen molar-refractivity contribution in [2.75, 3.05) is 21.3 Å². The van der Waals surface area contributed by atoms with Crippen LogP contribution in [-0.4, -0.2) is 38.4 Å². The van der Waals surface area contributed by atoms with Crippen LogP contribution in [0.1, 0.15) is 20.8 Å². The lowest BCUT2D eigenvalue weighted by atomic mass is 10.0. The highest BCUT2D eigenvalue weighted by Crippen LogP contribution is 2.41. The van der Waals surface area contributed by atoms with E-state index in [1.807, 2.05) is 42.6 Å². The maximum atomic E-state index is 13.1. The third-order valence-corrected chi connectivity index (χ3v) is 6.12. The molecule has 0 unspecified atom stereocenters. The molecular formula is C25H23N3O4S. The number of methoxy groups -OCH3 is 3. The fraction of sp³-hybridized carbons (Fsp3) is 0.160. The average Bonchev–Trinajstić information content (AvgIpc) is 3.26. The van der Waals surface area contributed by atoms with Crippen LogP contribution in [0, 0.1) is 6.92 Å². The first-order valence-corrected chi connectivity index (χ1v) is 11.0. The number of carbonyl (C=O) groups excluding carboxylic acids is 1. The van der Waals surface area contributed by atoms with E-state index in [0.717, 1.165) is 21.4 Å². The Bertz CT molecular complexity index is 1320. The van der Waals surface area contributed by atoms with E-state index in [2.05, 4.69) is 10.5 Å². The molecule has 168 valence electrons. The van der Waals surface area contributed by atoms with Gasteiger partial charge in [0.25, 0.3) is 5.91 Å². The summed E-state index contributed by atoms with van der Waals surface area (Å²) in [5, 5.41) is 6.86. The lowest BCUT2D eigenvalue weighted by molar-refractivity contribution is 0.0956. The molecule has 1 N–H and O–H groups in total. The second-order valence-corrected chi connectivity index (χ2v) is 8.10. The minimum atomic E-state index is -0.326. The summed E-state index contributed by atoms with van der Waals surface area (Å²) in [6.45, 7) is 2.00. The Balaban J connectivity index is 1.77. The van der Waals surface area contributed by atoms with E-state index in [-0.39, 0.29) is 5.91 Å². The molecule has 2 heterocycles. The van der Waals surface area contributed by atoms with Gasteiger partial charge in [0.05, 0.1) is 44.3 Å². The summed E-state index contributed by atoms with van der Waals surface area (Å²) in [6, 6.07) is 14.8. The van der Waals surface area contributed by atoms with Gasteiger partial charge in [-0.15, -0.1) is 11.3 Å². The molecule has 0 bridgehead atoms. The molecule has 0 spiro atoms. The number of ether oxygens (including phenoxy) is 3. The first-order valence-electron chi connectivity index (χ1n) is 10.1. The number of hydrazone groups is 1. The average molecular weight is 462 g/mol. The number of hydrogen-bond acceptors (Lipinski definition) is 7. The summed E-state index contributed by atoms with van der Waals surface area (Å²) in [4.78, 5) is 18.8. The van der Waals surface area contributed by atoms with Gasteiger partial charge in [-0.2, -0.15) is 5.10 Å². The SMILES string of the molecule is COc1cc(-c2cc(C(=O)N/N=C/c3sccc3C)c3ccccc3n2)cc(OC)c1OC. The quantitative estimate of drug-likeness (QED) is 0.307. The number of aromatic nitrogens is 1. The number of hydrogen-bond donors (Lipinski definition) is 1. The smallest absolute Gasteiger partial charge is 0.272 e. The predicted octanol–water partition coefficient (Wildman–Crippen LogP) is 5.06. The van der Waals surface area contributed by atoms with Crippen molar-refractivity contribution in [2.24, 2.45) is 5.10 Å². The highest BCUT2D eigenvalue weighted by molar-refractivity contribution is 7.11. The topological polar surface area (TPSA) is 82.0 Å². The van der Waals surface area contributed by atoms with E-state index < -0.39 is 0 Å². The Morgan fingerprint density at radius 1 is 1.03 bits per heavy atom. The minimum Gasteiger partial charge on any atom is -0.493 e. The monoisotopic (exact) mass is 461 g/mol. The van der Waals surface area contributed by atoms with Gasteiger partial charge in [-0.1, -0.05) is 18.2 Å². The number of nitrogens with zero attached hydrogens (tertiary/aromatic N) is 2. The maximum absolute atomic E-state index is 13.1. The molecule has 4 rings (SSSR count). The highest BCUT2D eigenvalue weighted by Gasteiger charge is 2.18. The fourth-order valence-electron chi connectivity index (χ4n) is 3.47. The molecule has 2 aromatic carbocycles.